The summed E-state index contributed by atoms with van der Waals surface area (Å²) in [6.07, 6.45) is 0. The van der Waals surface area contributed by atoms with Crippen LogP contribution in [0.4, 0.5) is 17.1 Å². The van der Waals surface area contributed by atoms with Gasteiger partial charge in [-0.25, -0.2) is 0 Å². The smallest absolute Gasteiger partial charge is 0.136 e. The zero-order valence-electron chi connectivity index (χ0n) is 36.2. The molecule has 12 aromatic rings. The van der Waals surface area contributed by atoms with E-state index in [-0.39, 0.29) is 5.41 Å². The first kappa shape index (κ1) is 37.4. The fourth-order valence-electron chi connectivity index (χ4n) is 10.9. The highest BCUT2D eigenvalue weighted by molar-refractivity contribution is 6.16. The molecule has 0 unspecified atom stereocenters. The van der Waals surface area contributed by atoms with Gasteiger partial charge in [0.15, 0.2) is 0 Å². The maximum Gasteiger partial charge on any atom is 0.136 e. The third-order valence-electron chi connectivity index (χ3n) is 14.1. The summed E-state index contributed by atoms with van der Waals surface area (Å²) in [4.78, 5) is 2.48. The second-order valence-corrected chi connectivity index (χ2v) is 18.0. The zero-order chi connectivity index (χ0) is 43.2. The van der Waals surface area contributed by atoms with Crippen molar-refractivity contribution in [2.24, 2.45) is 0 Å². The predicted octanol–water partition coefficient (Wildman–Crippen LogP) is 17.8. The third kappa shape index (κ3) is 5.81. The Bertz CT molecular complexity index is 3860. The van der Waals surface area contributed by atoms with Crippen molar-refractivity contribution in [3.05, 3.63) is 236 Å². The van der Waals surface area contributed by atoms with Crippen LogP contribution in [-0.2, 0) is 5.41 Å². The quantitative estimate of drug-likeness (QED) is 0.155. The topological polar surface area (TPSA) is 16.4 Å². The summed E-state index contributed by atoms with van der Waals surface area (Å²) in [5, 5.41) is 9.65. The minimum Gasteiger partial charge on any atom is -0.456 e. The van der Waals surface area contributed by atoms with Crippen LogP contribution in [0.1, 0.15) is 25.0 Å². The molecule has 1 aliphatic carbocycles. The molecule has 0 saturated heterocycles. The number of furan rings is 1. The second-order valence-electron chi connectivity index (χ2n) is 18.0. The minimum atomic E-state index is -0.174. The van der Waals surface area contributed by atoms with Crippen LogP contribution in [0, 0.1) is 0 Å². The van der Waals surface area contributed by atoms with Crippen LogP contribution < -0.4 is 4.90 Å². The van der Waals surface area contributed by atoms with Crippen LogP contribution in [-0.4, -0.2) is 0 Å². The molecule has 0 fully saturated rings. The molecule has 0 radical (unpaired) electrons. The Balaban J connectivity index is 1.10. The average molecular weight is 830 g/mol. The van der Waals surface area contributed by atoms with Crippen LogP contribution in [0.5, 0.6) is 0 Å². The van der Waals surface area contributed by atoms with Gasteiger partial charge >= 0.3 is 0 Å². The molecule has 2 heteroatoms. The van der Waals surface area contributed by atoms with E-state index < -0.39 is 0 Å². The molecule has 0 N–H and O–H groups in total. The molecule has 1 aliphatic rings. The Kier molecular flexibility index (Phi) is 8.29. The van der Waals surface area contributed by atoms with E-state index in [2.05, 4.69) is 237 Å². The van der Waals surface area contributed by atoms with Gasteiger partial charge in [-0.3, -0.25) is 0 Å². The van der Waals surface area contributed by atoms with Crippen molar-refractivity contribution in [1.82, 2.24) is 0 Å². The van der Waals surface area contributed by atoms with E-state index in [1.807, 2.05) is 6.07 Å². The zero-order valence-corrected chi connectivity index (χ0v) is 36.2. The molecule has 65 heavy (non-hydrogen) atoms. The Labute approximate surface area is 378 Å². The molecule has 2 nitrogen and oxygen atoms in total. The lowest BCUT2D eigenvalue weighted by atomic mass is 9.82. The van der Waals surface area contributed by atoms with Gasteiger partial charge in [0, 0.05) is 33.1 Å². The first-order valence-electron chi connectivity index (χ1n) is 22.6. The number of nitrogens with zero attached hydrogens (tertiary/aromatic N) is 1. The van der Waals surface area contributed by atoms with Crippen molar-refractivity contribution >= 4 is 71.3 Å². The number of anilines is 3. The van der Waals surface area contributed by atoms with Crippen molar-refractivity contribution in [2.45, 2.75) is 19.3 Å². The standard InChI is InChI=1S/C63H43NO/c1-63(2)57-26-11-9-22-51(57)52-36-34-45(39-58(52)63)64(44-32-29-41(30-33-44)47-24-13-17-40-15-3-5-18-46(40)47)59-27-14-25-55(56-37-42-16-4-6-19-48(42)49-20-7-8-21-50(49)56)62(59)43-31-35-54-53-23-10-12-28-60(53)65-61(54)38-43/h3-39H,1-2H3. The van der Waals surface area contributed by atoms with Gasteiger partial charge in [0.05, 0.1) is 5.69 Å². The Morgan fingerprint density at radius 1 is 0.338 bits per heavy atom. The van der Waals surface area contributed by atoms with Crippen LogP contribution in [0.15, 0.2) is 229 Å². The molecule has 11 aromatic carbocycles. The van der Waals surface area contributed by atoms with Gasteiger partial charge in [-0.15, -0.1) is 0 Å². The molecule has 1 heterocycles. The fourth-order valence-corrected chi connectivity index (χ4v) is 10.9. The van der Waals surface area contributed by atoms with Crippen LogP contribution in [0.25, 0.3) is 98.8 Å². The third-order valence-corrected chi connectivity index (χ3v) is 14.1. The van der Waals surface area contributed by atoms with Gasteiger partial charge in [0.1, 0.15) is 11.2 Å². The van der Waals surface area contributed by atoms with Gasteiger partial charge in [-0.2, -0.15) is 0 Å². The van der Waals surface area contributed by atoms with Gasteiger partial charge in [0.25, 0.3) is 0 Å². The molecule has 0 atom stereocenters. The number of fused-ring (bicyclic) bond motifs is 10. The monoisotopic (exact) mass is 829 g/mol. The summed E-state index contributed by atoms with van der Waals surface area (Å²) in [5.74, 6) is 0. The first-order valence-corrected chi connectivity index (χ1v) is 22.6. The van der Waals surface area contributed by atoms with Gasteiger partial charge < -0.3 is 9.32 Å². The normalized spacial score (nSPS) is 12.9. The first-order chi connectivity index (χ1) is 32.0. The molecule has 306 valence electrons. The Hall–Kier alpha value is -8.20. The summed E-state index contributed by atoms with van der Waals surface area (Å²) in [5.41, 5.74) is 17.1. The summed E-state index contributed by atoms with van der Waals surface area (Å²) >= 11 is 0. The van der Waals surface area contributed by atoms with E-state index in [4.69, 9.17) is 4.42 Å². The lowest BCUT2D eigenvalue weighted by Gasteiger charge is -2.31. The van der Waals surface area contributed by atoms with Crippen LogP contribution in [0.2, 0.25) is 0 Å². The fraction of sp³-hybridized carbons (Fsp3) is 0.0476. The number of benzene rings is 11. The molecular weight excluding hydrogens is 787 g/mol. The lowest BCUT2D eigenvalue weighted by molar-refractivity contribution is 0.660. The maximum atomic E-state index is 6.63. The van der Waals surface area contributed by atoms with E-state index in [1.54, 1.807) is 0 Å². The highest BCUT2D eigenvalue weighted by atomic mass is 16.3. The molecule has 0 bridgehead atoms. The van der Waals surface area contributed by atoms with E-state index in [9.17, 15) is 0 Å². The van der Waals surface area contributed by atoms with Gasteiger partial charge in [0.2, 0.25) is 0 Å². The maximum absolute atomic E-state index is 6.63. The largest absolute Gasteiger partial charge is 0.456 e. The van der Waals surface area contributed by atoms with E-state index in [1.165, 1.54) is 71.3 Å². The molecular formula is C63H43NO. The highest BCUT2D eigenvalue weighted by Gasteiger charge is 2.36. The molecule has 0 saturated carbocycles. The molecule has 0 spiro atoms. The van der Waals surface area contributed by atoms with Crippen molar-refractivity contribution in [2.75, 3.05) is 4.90 Å². The van der Waals surface area contributed by atoms with E-state index in [0.717, 1.165) is 55.7 Å². The second kappa shape index (κ2) is 14.4. The van der Waals surface area contributed by atoms with E-state index in [0.29, 0.717) is 0 Å². The van der Waals surface area contributed by atoms with E-state index >= 15 is 0 Å². The predicted molar refractivity (Wildman–Crippen MR) is 275 cm³/mol. The summed E-state index contributed by atoms with van der Waals surface area (Å²) in [7, 11) is 0. The number of para-hydroxylation sites is 1. The summed E-state index contributed by atoms with van der Waals surface area (Å²) in [6, 6.07) is 82.4. The van der Waals surface area contributed by atoms with Gasteiger partial charge in [-0.05, 0) is 137 Å². The molecule has 0 amide bonds. The number of hydrogen-bond acceptors (Lipinski definition) is 2. The highest BCUT2D eigenvalue weighted by Crippen LogP contribution is 2.53. The van der Waals surface area contributed by atoms with Crippen molar-refractivity contribution in [1.29, 1.82) is 0 Å². The number of rotatable bonds is 6. The Morgan fingerprint density at radius 2 is 0.938 bits per heavy atom. The lowest BCUT2D eigenvalue weighted by Crippen LogP contribution is -2.17. The Morgan fingerprint density at radius 3 is 1.80 bits per heavy atom. The molecule has 0 aliphatic heterocycles. The molecule has 1 aromatic heterocycles. The summed E-state index contributed by atoms with van der Waals surface area (Å²) < 4.78 is 6.63. The minimum absolute atomic E-state index is 0.174. The van der Waals surface area contributed by atoms with Gasteiger partial charge in [-0.1, -0.05) is 184 Å². The SMILES string of the molecule is CC1(C)c2ccccc2-c2ccc(N(c3ccc(-c4cccc5ccccc45)cc3)c3cccc(-c4cc5ccccc5c5ccccc45)c3-c3ccc4c(c3)oc3ccccc34)cc21. The van der Waals surface area contributed by atoms with Crippen molar-refractivity contribution in [3.8, 4) is 44.5 Å². The number of hydrogen-bond donors (Lipinski definition) is 0. The summed E-state index contributed by atoms with van der Waals surface area (Å²) in [6.45, 7) is 4.73. The van der Waals surface area contributed by atoms with Crippen molar-refractivity contribution in [3.63, 3.8) is 0 Å². The van der Waals surface area contributed by atoms with Crippen molar-refractivity contribution < 1.29 is 4.42 Å². The average Bonchev–Trinajstić information content (AvgIpc) is 3.84. The van der Waals surface area contributed by atoms with Crippen LogP contribution >= 0.6 is 0 Å². The van der Waals surface area contributed by atoms with Crippen LogP contribution in [0.3, 0.4) is 0 Å². The molecule has 13 rings (SSSR count).